The van der Waals surface area contributed by atoms with Gasteiger partial charge in [0.2, 0.25) is 0 Å². The van der Waals surface area contributed by atoms with Crippen molar-refractivity contribution >= 4 is 11.7 Å². The van der Waals surface area contributed by atoms with Crippen molar-refractivity contribution in [2.75, 3.05) is 0 Å². The number of carbonyl (C=O) groups excluding carboxylic acids is 2. The standard InChI is InChI=1S/C22H25NO4/c23-20(25)14-4-3-13-10-15-12(9-11-1-2-11)5-7-21-17(13)18(14)27-19(21)16(24)6-8-22(15,21)26/h3-4,11-12,15,19,26H,1-2,5-10H2,(H2,23,25). The van der Waals surface area contributed by atoms with Crippen LogP contribution in [0.25, 0.3) is 0 Å². The first kappa shape index (κ1) is 16.1. The van der Waals surface area contributed by atoms with Gasteiger partial charge in [0, 0.05) is 12.0 Å². The highest BCUT2D eigenvalue weighted by Crippen LogP contribution is 2.67. The normalized spacial score (nSPS) is 41.1. The number of hydrogen-bond donors (Lipinski definition) is 2. The minimum Gasteiger partial charge on any atom is -0.480 e. The quantitative estimate of drug-likeness (QED) is 0.857. The molecule has 1 aromatic rings. The number of rotatable bonds is 3. The monoisotopic (exact) mass is 367 g/mol. The molecule has 3 fully saturated rings. The van der Waals surface area contributed by atoms with Gasteiger partial charge in [-0.15, -0.1) is 0 Å². The minimum atomic E-state index is -0.919. The molecule has 5 heteroatoms. The van der Waals surface area contributed by atoms with Gasteiger partial charge in [0.05, 0.1) is 16.6 Å². The van der Waals surface area contributed by atoms with Crippen molar-refractivity contribution in [3.63, 3.8) is 0 Å². The molecule has 1 aromatic carbocycles. The molecule has 5 atom stereocenters. The molecule has 0 saturated heterocycles. The molecule has 5 nitrogen and oxygen atoms in total. The average Bonchev–Trinajstić information content (AvgIpc) is 3.37. The molecule has 1 heterocycles. The molecule has 142 valence electrons. The molecular weight excluding hydrogens is 342 g/mol. The van der Waals surface area contributed by atoms with E-state index < -0.39 is 23.0 Å². The van der Waals surface area contributed by atoms with Gasteiger partial charge in [-0.05, 0) is 61.5 Å². The first-order chi connectivity index (χ1) is 13.0. The van der Waals surface area contributed by atoms with Crippen LogP contribution in [-0.2, 0) is 16.6 Å². The number of ketones is 1. The van der Waals surface area contributed by atoms with Crippen LogP contribution >= 0.6 is 0 Å². The topological polar surface area (TPSA) is 89.6 Å². The fraction of sp³-hybridized carbons (Fsp3) is 0.636. The molecule has 0 radical (unpaired) electrons. The molecule has 4 aliphatic carbocycles. The molecule has 1 spiro atoms. The lowest BCUT2D eigenvalue weighted by atomic mass is 9.43. The Balaban J connectivity index is 1.58. The van der Waals surface area contributed by atoms with Gasteiger partial charge in [-0.3, -0.25) is 9.59 Å². The number of carbonyl (C=O) groups is 2. The first-order valence-electron chi connectivity index (χ1n) is 10.3. The summed E-state index contributed by atoms with van der Waals surface area (Å²) in [6.07, 6.45) is 6.62. The molecule has 1 amide bonds. The first-order valence-corrected chi connectivity index (χ1v) is 10.3. The Morgan fingerprint density at radius 1 is 1.26 bits per heavy atom. The van der Waals surface area contributed by atoms with Crippen molar-refractivity contribution in [1.82, 2.24) is 0 Å². The van der Waals surface area contributed by atoms with E-state index in [4.69, 9.17) is 10.5 Å². The second-order valence-corrected chi connectivity index (χ2v) is 9.49. The van der Waals surface area contributed by atoms with Crippen LogP contribution in [0.5, 0.6) is 5.75 Å². The molecule has 3 N–H and O–H groups in total. The van der Waals surface area contributed by atoms with Crippen LogP contribution in [-0.4, -0.2) is 28.5 Å². The Labute approximate surface area is 158 Å². The van der Waals surface area contributed by atoms with Crippen LogP contribution in [0.1, 0.15) is 66.4 Å². The van der Waals surface area contributed by atoms with Crippen molar-refractivity contribution < 1.29 is 19.4 Å². The SMILES string of the molecule is NC(=O)c1ccc2c3c1OC1C(=O)CCC4(O)C(C2)C(CC2CC2)CCC314. The van der Waals surface area contributed by atoms with Gasteiger partial charge < -0.3 is 15.6 Å². The van der Waals surface area contributed by atoms with E-state index in [-0.39, 0.29) is 11.7 Å². The molecule has 5 unspecified atom stereocenters. The van der Waals surface area contributed by atoms with E-state index in [1.807, 2.05) is 6.07 Å². The van der Waals surface area contributed by atoms with Crippen LogP contribution in [0.15, 0.2) is 12.1 Å². The summed E-state index contributed by atoms with van der Waals surface area (Å²) in [4.78, 5) is 24.8. The summed E-state index contributed by atoms with van der Waals surface area (Å²) in [5, 5.41) is 12.1. The second kappa shape index (κ2) is 4.93. The van der Waals surface area contributed by atoms with E-state index >= 15 is 0 Å². The third-order valence-electron chi connectivity index (χ3n) is 8.32. The number of nitrogens with two attached hydrogens (primary N) is 1. The molecule has 3 saturated carbocycles. The molecule has 6 rings (SSSR count). The summed E-state index contributed by atoms with van der Waals surface area (Å²) in [5.74, 6) is 1.49. The van der Waals surface area contributed by atoms with E-state index in [0.717, 1.165) is 36.3 Å². The number of aliphatic hydroxyl groups is 1. The fourth-order valence-electron chi connectivity index (χ4n) is 7.03. The number of Topliss-reactive ketones (excluding diaryl/α,β-unsaturated/α-hetero) is 1. The molecular formula is C22H25NO4. The highest BCUT2D eigenvalue weighted by Gasteiger charge is 2.73. The smallest absolute Gasteiger partial charge is 0.252 e. The number of benzene rings is 1. The van der Waals surface area contributed by atoms with E-state index in [0.29, 0.717) is 30.1 Å². The van der Waals surface area contributed by atoms with E-state index in [2.05, 4.69) is 0 Å². The molecule has 27 heavy (non-hydrogen) atoms. The van der Waals surface area contributed by atoms with Crippen LogP contribution in [0.4, 0.5) is 0 Å². The number of hydrogen-bond acceptors (Lipinski definition) is 4. The van der Waals surface area contributed by atoms with Gasteiger partial charge in [0.25, 0.3) is 5.91 Å². The van der Waals surface area contributed by atoms with Gasteiger partial charge in [-0.25, -0.2) is 0 Å². The average molecular weight is 367 g/mol. The van der Waals surface area contributed by atoms with E-state index in [1.165, 1.54) is 19.3 Å². The third kappa shape index (κ3) is 1.79. The summed E-state index contributed by atoms with van der Waals surface area (Å²) in [6, 6.07) is 3.72. The van der Waals surface area contributed by atoms with Gasteiger partial charge in [0.1, 0.15) is 5.75 Å². The lowest BCUT2D eigenvalue weighted by Gasteiger charge is -2.62. The summed E-state index contributed by atoms with van der Waals surface area (Å²) in [7, 11) is 0. The summed E-state index contributed by atoms with van der Waals surface area (Å²) in [6.45, 7) is 0. The van der Waals surface area contributed by atoms with Crippen LogP contribution in [0.3, 0.4) is 0 Å². The summed E-state index contributed by atoms with van der Waals surface area (Å²) in [5.41, 5.74) is 6.38. The van der Waals surface area contributed by atoms with Crippen molar-refractivity contribution in [1.29, 1.82) is 0 Å². The van der Waals surface area contributed by atoms with E-state index in [1.54, 1.807) is 6.07 Å². The molecule has 5 aliphatic rings. The van der Waals surface area contributed by atoms with Crippen LogP contribution in [0, 0.1) is 17.8 Å². The number of ether oxygens (including phenoxy) is 1. The maximum atomic E-state index is 12.9. The Hall–Kier alpha value is -1.88. The Morgan fingerprint density at radius 2 is 2.07 bits per heavy atom. The minimum absolute atomic E-state index is 0.0542. The highest BCUT2D eigenvalue weighted by atomic mass is 16.5. The van der Waals surface area contributed by atoms with Crippen LogP contribution < -0.4 is 10.5 Å². The second-order valence-electron chi connectivity index (χ2n) is 9.49. The zero-order chi connectivity index (χ0) is 18.6. The maximum absolute atomic E-state index is 12.9. The fourth-order valence-corrected chi connectivity index (χ4v) is 7.03. The Bertz CT molecular complexity index is 891. The predicted octanol–water partition coefficient (Wildman–Crippen LogP) is 2.26. The largest absolute Gasteiger partial charge is 0.480 e. The van der Waals surface area contributed by atoms with Gasteiger partial charge in [-0.1, -0.05) is 18.9 Å². The zero-order valence-electron chi connectivity index (χ0n) is 15.4. The van der Waals surface area contributed by atoms with Crippen molar-refractivity contribution in [2.45, 2.75) is 68.5 Å². The van der Waals surface area contributed by atoms with Gasteiger partial charge in [-0.2, -0.15) is 0 Å². The highest BCUT2D eigenvalue weighted by molar-refractivity contribution is 5.98. The molecule has 2 bridgehead atoms. The van der Waals surface area contributed by atoms with E-state index in [9.17, 15) is 14.7 Å². The van der Waals surface area contributed by atoms with Crippen molar-refractivity contribution in [3.05, 3.63) is 28.8 Å². The Morgan fingerprint density at radius 3 is 2.81 bits per heavy atom. The lowest BCUT2D eigenvalue weighted by Crippen LogP contribution is -2.71. The molecule has 0 aromatic heterocycles. The third-order valence-corrected chi connectivity index (χ3v) is 8.32. The van der Waals surface area contributed by atoms with Crippen molar-refractivity contribution in [3.8, 4) is 5.75 Å². The van der Waals surface area contributed by atoms with Crippen molar-refractivity contribution in [2.24, 2.45) is 23.5 Å². The summed E-state index contributed by atoms with van der Waals surface area (Å²) >= 11 is 0. The summed E-state index contributed by atoms with van der Waals surface area (Å²) < 4.78 is 6.17. The molecule has 1 aliphatic heterocycles. The van der Waals surface area contributed by atoms with Gasteiger partial charge >= 0.3 is 0 Å². The Kier molecular flexibility index (Phi) is 2.94. The number of amides is 1. The van der Waals surface area contributed by atoms with Gasteiger partial charge in [0.15, 0.2) is 11.9 Å². The predicted molar refractivity (Wildman–Crippen MR) is 97.5 cm³/mol. The lowest BCUT2D eigenvalue weighted by molar-refractivity contribution is -0.189. The zero-order valence-corrected chi connectivity index (χ0v) is 15.4. The van der Waals surface area contributed by atoms with Crippen LogP contribution in [0.2, 0.25) is 0 Å². The number of primary amides is 1. The maximum Gasteiger partial charge on any atom is 0.252 e.